The average Bonchev–Trinajstić information content (AvgIpc) is 3.72. The van der Waals surface area contributed by atoms with Crippen LogP contribution < -0.4 is 5.32 Å². The SMILES string of the molecule is CC(C)[C@@H](OC(=O)N1CCC1)C1C[C@@H](C)C2C(O1)[C@H](O)[C@@]1(C)C3CC[C@H]4C(C)(C)[C@@H](OC(=O)NCCN5CCN(C6CCC6)CC5)CCC45CC35CC[C@]21C. The van der Waals surface area contributed by atoms with E-state index in [0.29, 0.717) is 24.3 Å². The Hall–Kier alpha value is -1.62. The van der Waals surface area contributed by atoms with Gasteiger partial charge in [0.05, 0.1) is 18.3 Å². The number of ether oxygens (including phenoxy) is 3. The van der Waals surface area contributed by atoms with E-state index in [2.05, 4.69) is 63.6 Å². The molecule has 0 bridgehead atoms. The van der Waals surface area contributed by atoms with E-state index in [0.717, 1.165) is 96.8 Å². The number of nitrogens with one attached hydrogen (secondary N) is 1. The van der Waals surface area contributed by atoms with Gasteiger partial charge in [0.2, 0.25) is 0 Å². The lowest BCUT2D eigenvalue weighted by Crippen LogP contribution is -2.60. The number of amides is 2. The lowest BCUT2D eigenvalue weighted by molar-refractivity contribution is -0.185. The molecule has 55 heavy (non-hydrogen) atoms. The minimum atomic E-state index is -0.550. The second-order valence-corrected chi connectivity index (χ2v) is 21.8. The van der Waals surface area contributed by atoms with Gasteiger partial charge in [-0.25, -0.2) is 9.59 Å². The molecule has 6 aliphatic carbocycles. The fourth-order valence-corrected chi connectivity index (χ4v) is 15.7. The lowest BCUT2D eigenvalue weighted by Gasteiger charge is -2.63. The van der Waals surface area contributed by atoms with Gasteiger partial charge in [-0.15, -0.1) is 0 Å². The fourth-order valence-electron chi connectivity index (χ4n) is 15.7. The molecule has 10 heteroatoms. The van der Waals surface area contributed by atoms with Crippen molar-refractivity contribution in [2.24, 2.45) is 56.7 Å². The predicted octanol–water partition coefficient (Wildman–Crippen LogP) is 6.93. The van der Waals surface area contributed by atoms with Crippen LogP contribution in [0.4, 0.5) is 9.59 Å². The van der Waals surface area contributed by atoms with Crippen LogP contribution >= 0.6 is 0 Å². The van der Waals surface area contributed by atoms with Gasteiger partial charge in [-0.05, 0) is 116 Å². The Morgan fingerprint density at radius 2 is 1.60 bits per heavy atom. The highest BCUT2D eigenvalue weighted by Crippen LogP contribution is 2.89. The molecule has 3 aliphatic heterocycles. The summed E-state index contributed by atoms with van der Waals surface area (Å²) < 4.78 is 19.6. The summed E-state index contributed by atoms with van der Waals surface area (Å²) in [5, 5.41) is 15.8. The molecular weight excluding hydrogens is 693 g/mol. The lowest BCUT2D eigenvalue weighted by atomic mass is 9.41. The summed E-state index contributed by atoms with van der Waals surface area (Å²) in [6.07, 6.45) is 12.0. The van der Waals surface area contributed by atoms with Crippen molar-refractivity contribution in [3.8, 4) is 0 Å². The molecule has 9 rings (SSSR count). The molecule has 10 nitrogen and oxygen atoms in total. The van der Waals surface area contributed by atoms with E-state index in [9.17, 15) is 14.7 Å². The molecule has 0 aromatic carbocycles. The van der Waals surface area contributed by atoms with Crippen molar-refractivity contribution in [1.29, 1.82) is 0 Å². The number of alkyl carbamates (subject to hydrolysis) is 1. The zero-order chi connectivity index (χ0) is 38.7. The third-order valence-electron chi connectivity index (χ3n) is 19.1. The average molecular weight is 767 g/mol. The zero-order valence-corrected chi connectivity index (χ0v) is 35.3. The van der Waals surface area contributed by atoms with Gasteiger partial charge in [0.15, 0.2) is 0 Å². The van der Waals surface area contributed by atoms with Crippen molar-refractivity contribution in [2.75, 3.05) is 52.4 Å². The van der Waals surface area contributed by atoms with Gasteiger partial charge in [0.25, 0.3) is 0 Å². The smallest absolute Gasteiger partial charge is 0.410 e. The van der Waals surface area contributed by atoms with Crippen molar-refractivity contribution < 1.29 is 28.9 Å². The first-order valence-corrected chi connectivity index (χ1v) is 22.9. The molecule has 9 fully saturated rings. The first-order chi connectivity index (χ1) is 26.2. The van der Waals surface area contributed by atoms with Crippen LogP contribution in [-0.4, -0.2) is 121 Å². The van der Waals surface area contributed by atoms with Crippen molar-refractivity contribution in [1.82, 2.24) is 20.0 Å². The Morgan fingerprint density at radius 3 is 2.25 bits per heavy atom. The molecule has 310 valence electrons. The summed E-state index contributed by atoms with van der Waals surface area (Å²) in [6.45, 7) is 23.9. The zero-order valence-electron chi connectivity index (χ0n) is 35.3. The van der Waals surface area contributed by atoms with Gasteiger partial charge in [-0.2, -0.15) is 0 Å². The second-order valence-electron chi connectivity index (χ2n) is 21.8. The number of carbonyl (C=O) groups is 2. The van der Waals surface area contributed by atoms with Crippen LogP contribution in [0.2, 0.25) is 0 Å². The summed E-state index contributed by atoms with van der Waals surface area (Å²) in [7, 11) is 0. The number of carbonyl (C=O) groups excluding carboxylic acids is 2. The van der Waals surface area contributed by atoms with Gasteiger partial charge in [-0.1, -0.05) is 54.9 Å². The van der Waals surface area contributed by atoms with Crippen LogP contribution in [0, 0.1) is 56.7 Å². The van der Waals surface area contributed by atoms with Crippen LogP contribution in [0.25, 0.3) is 0 Å². The first kappa shape index (κ1) is 38.9. The van der Waals surface area contributed by atoms with Gasteiger partial charge in [0.1, 0.15) is 12.2 Å². The van der Waals surface area contributed by atoms with Crippen LogP contribution in [0.1, 0.15) is 126 Å². The summed E-state index contributed by atoms with van der Waals surface area (Å²) in [4.78, 5) is 33.2. The molecule has 9 aliphatic rings. The molecule has 2 amide bonds. The highest BCUT2D eigenvalue weighted by molar-refractivity contribution is 5.68. The van der Waals surface area contributed by atoms with E-state index >= 15 is 0 Å². The standard InChI is InChI=1S/C45H74N4O6/c1-28(2)36(55-40(52)49-19-9-20-49)31-26-29(3)35-37(53-31)38(50)43(7)33-13-12-32-41(4,5)34(14-15-44(32)27-45(33,44)17-16-42(35,43)6)54-39(51)46-18-21-47-22-24-48(25-23-47)30-10-8-11-30/h28-38,50H,8-27H2,1-7H3,(H,46,51)/t29-,31?,32+,33?,34+,35?,36-,37?,38+,42-,43-,44?,45?/m1/s1. The minimum Gasteiger partial charge on any atom is -0.446 e. The van der Waals surface area contributed by atoms with Crippen LogP contribution in [0.15, 0.2) is 0 Å². The molecule has 0 aromatic rings. The maximum atomic E-state index is 13.3. The van der Waals surface area contributed by atoms with E-state index in [1.54, 1.807) is 4.90 Å². The Kier molecular flexibility index (Phi) is 9.70. The van der Waals surface area contributed by atoms with Crippen LogP contribution in [-0.2, 0) is 14.2 Å². The summed E-state index contributed by atoms with van der Waals surface area (Å²) in [6, 6.07) is 0.818. The summed E-state index contributed by atoms with van der Waals surface area (Å²) in [5.41, 5.74) is 0.129. The third kappa shape index (κ3) is 5.73. The number of fused-ring (bicyclic) bond motifs is 4. The number of rotatable bonds is 8. The van der Waals surface area contributed by atoms with E-state index in [-0.39, 0.29) is 75.5 Å². The van der Waals surface area contributed by atoms with E-state index in [1.807, 2.05) is 0 Å². The Balaban J connectivity index is 0.849. The predicted molar refractivity (Wildman–Crippen MR) is 211 cm³/mol. The molecule has 2 spiro atoms. The van der Waals surface area contributed by atoms with Crippen LogP contribution in [0.3, 0.4) is 0 Å². The minimum absolute atomic E-state index is 0.0201. The molecule has 0 aromatic heterocycles. The quantitative estimate of drug-likeness (QED) is 0.274. The molecule has 13 atom stereocenters. The molecule has 6 saturated carbocycles. The number of hydrogen-bond donors (Lipinski definition) is 2. The topological polar surface area (TPSA) is 104 Å². The summed E-state index contributed by atoms with van der Waals surface area (Å²) >= 11 is 0. The number of aliphatic hydroxyl groups excluding tert-OH is 1. The first-order valence-electron chi connectivity index (χ1n) is 22.9. The molecule has 3 heterocycles. The van der Waals surface area contributed by atoms with E-state index < -0.39 is 6.10 Å². The van der Waals surface area contributed by atoms with Crippen molar-refractivity contribution >= 4 is 12.2 Å². The molecule has 0 radical (unpaired) electrons. The largest absolute Gasteiger partial charge is 0.446 e. The number of aliphatic hydroxyl groups is 1. The highest BCUT2D eigenvalue weighted by atomic mass is 16.6. The van der Waals surface area contributed by atoms with Gasteiger partial charge >= 0.3 is 12.2 Å². The number of hydrogen-bond acceptors (Lipinski definition) is 8. The fraction of sp³-hybridized carbons (Fsp3) is 0.956. The summed E-state index contributed by atoms with van der Waals surface area (Å²) in [5.74, 6) is 1.74. The maximum Gasteiger partial charge on any atom is 0.410 e. The number of nitrogens with zero attached hydrogens (tertiary/aromatic N) is 3. The van der Waals surface area contributed by atoms with Gasteiger partial charge in [-0.3, -0.25) is 9.80 Å². The number of likely N-dealkylation sites (tertiary alicyclic amines) is 1. The molecular formula is C45H74N4O6. The second kappa shape index (κ2) is 13.7. The molecule has 2 N–H and O–H groups in total. The monoisotopic (exact) mass is 767 g/mol. The number of piperazine rings is 1. The van der Waals surface area contributed by atoms with Crippen LogP contribution in [0.5, 0.6) is 0 Å². The molecule has 3 saturated heterocycles. The van der Waals surface area contributed by atoms with Gasteiger partial charge in [0, 0.05) is 69.2 Å². The highest BCUT2D eigenvalue weighted by Gasteiger charge is 2.84. The Labute approximate surface area is 331 Å². The molecule has 6 unspecified atom stereocenters. The van der Waals surface area contributed by atoms with Crippen molar-refractivity contribution in [3.63, 3.8) is 0 Å². The normalized spacial score (nSPS) is 46.8. The van der Waals surface area contributed by atoms with Crippen molar-refractivity contribution in [3.05, 3.63) is 0 Å². The Bertz CT molecular complexity index is 1480. The third-order valence-corrected chi connectivity index (χ3v) is 19.1. The Morgan fingerprint density at radius 1 is 0.891 bits per heavy atom. The van der Waals surface area contributed by atoms with E-state index in [4.69, 9.17) is 14.2 Å². The van der Waals surface area contributed by atoms with Gasteiger partial charge < -0.3 is 29.5 Å². The van der Waals surface area contributed by atoms with Crippen molar-refractivity contribution in [2.45, 2.75) is 162 Å². The maximum absolute atomic E-state index is 13.3. The van der Waals surface area contributed by atoms with E-state index in [1.165, 1.54) is 32.1 Å².